The molecule has 114 valence electrons. The Morgan fingerprint density at radius 3 is 2.71 bits per heavy atom. The Kier molecular flexibility index (Phi) is 5.37. The van der Waals surface area contributed by atoms with Gasteiger partial charge in [-0.25, -0.2) is 0 Å². The Balaban J connectivity index is 2.13. The number of hydrogen-bond donors (Lipinski definition) is 1. The number of halogens is 2. The molecule has 2 rings (SSSR count). The summed E-state index contributed by atoms with van der Waals surface area (Å²) in [6.45, 7) is 5.15. The largest absolute Gasteiger partial charge is 0.494 e. The van der Waals surface area contributed by atoms with Crippen LogP contribution >= 0.6 is 23.2 Å². The molecule has 0 saturated carbocycles. The molecule has 0 unspecified atom stereocenters. The van der Waals surface area contributed by atoms with Crippen molar-refractivity contribution in [2.75, 3.05) is 11.9 Å². The number of hydrogen-bond acceptors (Lipinski definition) is 3. The van der Waals surface area contributed by atoms with Crippen molar-refractivity contribution < 1.29 is 4.74 Å². The molecule has 21 heavy (non-hydrogen) atoms. The third kappa shape index (κ3) is 3.63. The summed E-state index contributed by atoms with van der Waals surface area (Å²) in [6, 6.07) is 5.90. The molecular formula is C15H19Cl2N3O. The molecule has 1 heterocycles. The Morgan fingerprint density at radius 2 is 2.14 bits per heavy atom. The van der Waals surface area contributed by atoms with E-state index in [1.54, 1.807) is 4.68 Å². The second-order valence-corrected chi connectivity index (χ2v) is 5.35. The molecule has 0 spiro atoms. The molecule has 1 aromatic carbocycles. The van der Waals surface area contributed by atoms with Crippen molar-refractivity contribution >= 4 is 28.9 Å². The van der Waals surface area contributed by atoms with Crippen molar-refractivity contribution in [2.24, 2.45) is 7.05 Å². The number of anilines is 1. The van der Waals surface area contributed by atoms with Crippen LogP contribution in [0.4, 0.5) is 5.69 Å². The highest BCUT2D eigenvalue weighted by atomic mass is 35.5. The normalized spacial score (nSPS) is 10.7. The fourth-order valence-corrected chi connectivity index (χ4v) is 2.61. The van der Waals surface area contributed by atoms with Crippen LogP contribution in [0.2, 0.25) is 5.15 Å². The average Bonchev–Trinajstić information content (AvgIpc) is 2.71. The first-order valence-electron chi connectivity index (χ1n) is 6.80. The number of benzene rings is 1. The van der Waals surface area contributed by atoms with E-state index in [2.05, 4.69) is 10.4 Å². The Hall–Kier alpha value is -1.39. The molecule has 0 atom stereocenters. The standard InChI is InChI=1S/C15H19Cl2N3O/c1-4-21-14-6-5-12(7-11(14)8-16)18-9-13-10(2)19-20(3)15(13)17/h5-7,18H,4,8-9H2,1-3H3. The minimum atomic E-state index is 0.414. The molecule has 0 radical (unpaired) electrons. The molecule has 0 amide bonds. The summed E-state index contributed by atoms with van der Waals surface area (Å²) in [5, 5.41) is 8.30. The monoisotopic (exact) mass is 327 g/mol. The number of aryl methyl sites for hydroxylation is 2. The van der Waals surface area contributed by atoms with E-state index in [0.717, 1.165) is 28.3 Å². The maximum Gasteiger partial charge on any atom is 0.131 e. The third-order valence-electron chi connectivity index (χ3n) is 3.24. The molecule has 0 fully saturated rings. The van der Waals surface area contributed by atoms with Crippen molar-refractivity contribution in [3.8, 4) is 5.75 Å². The summed E-state index contributed by atoms with van der Waals surface area (Å²) in [7, 11) is 1.83. The van der Waals surface area contributed by atoms with E-state index in [-0.39, 0.29) is 0 Å². The van der Waals surface area contributed by atoms with E-state index >= 15 is 0 Å². The number of rotatable bonds is 6. The lowest BCUT2D eigenvalue weighted by Gasteiger charge is -2.12. The Labute approximate surface area is 135 Å². The molecule has 1 N–H and O–H groups in total. The average molecular weight is 328 g/mol. The van der Waals surface area contributed by atoms with Gasteiger partial charge in [0.05, 0.1) is 18.2 Å². The minimum absolute atomic E-state index is 0.414. The van der Waals surface area contributed by atoms with Gasteiger partial charge < -0.3 is 10.1 Å². The first-order chi connectivity index (χ1) is 10.1. The highest BCUT2D eigenvalue weighted by molar-refractivity contribution is 6.30. The number of nitrogens with zero attached hydrogens (tertiary/aromatic N) is 2. The smallest absolute Gasteiger partial charge is 0.131 e. The minimum Gasteiger partial charge on any atom is -0.494 e. The molecule has 0 saturated heterocycles. The summed E-state index contributed by atoms with van der Waals surface area (Å²) in [5.74, 6) is 1.24. The van der Waals surface area contributed by atoms with Crippen molar-refractivity contribution in [1.82, 2.24) is 9.78 Å². The van der Waals surface area contributed by atoms with Crippen molar-refractivity contribution in [3.63, 3.8) is 0 Å². The lowest BCUT2D eigenvalue weighted by atomic mass is 10.2. The maximum absolute atomic E-state index is 6.22. The van der Waals surface area contributed by atoms with Gasteiger partial charge >= 0.3 is 0 Å². The predicted molar refractivity (Wildman–Crippen MR) is 87.4 cm³/mol. The third-order valence-corrected chi connectivity index (χ3v) is 4.00. The van der Waals surface area contributed by atoms with Gasteiger partial charge in [0.15, 0.2) is 0 Å². The van der Waals surface area contributed by atoms with Gasteiger partial charge in [-0.2, -0.15) is 5.10 Å². The second-order valence-electron chi connectivity index (χ2n) is 4.72. The van der Waals surface area contributed by atoms with Crippen molar-refractivity contribution in [1.29, 1.82) is 0 Å². The van der Waals surface area contributed by atoms with Crippen LogP contribution in [-0.2, 0) is 19.5 Å². The van der Waals surface area contributed by atoms with E-state index < -0.39 is 0 Å². The van der Waals surface area contributed by atoms with Gasteiger partial charge in [0.2, 0.25) is 0 Å². The fraction of sp³-hybridized carbons (Fsp3) is 0.400. The molecule has 6 heteroatoms. The zero-order valence-electron chi connectivity index (χ0n) is 12.4. The van der Waals surface area contributed by atoms with Gasteiger partial charge in [-0.1, -0.05) is 11.6 Å². The van der Waals surface area contributed by atoms with Crippen LogP contribution in [0.15, 0.2) is 18.2 Å². The molecular weight excluding hydrogens is 309 g/mol. The fourth-order valence-electron chi connectivity index (χ4n) is 2.16. The molecule has 0 aliphatic rings. The van der Waals surface area contributed by atoms with Gasteiger partial charge in [0.25, 0.3) is 0 Å². The summed E-state index contributed by atoms with van der Waals surface area (Å²) < 4.78 is 7.22. The van der Waals surface area contributed by atoms with Crippen LogP contribution in [0.3, 0.4) is 0 Å². The maximum atomic E-state index is 6.22. The number of aromatic nitrogens is 2. The van der Waals surface area contributed by atoms with Gasteiger partial charge in [-0.3, -0.25) is 4.68 Å². The topological polar surface area (TPSA) is 39.1 Å². The summed E-state index contributed by atoms with van der Waals surface area (Å²) in [6.07, 6.45) is 0. The molecule has 1 aromatic heterocycles. The van der Waals surface area contributed by atoms with E-state index in [0.29, 0.717) is 24.2 Å². The quantitative estimate of drug-likeness (QED) is 0.811. The van der Waals surface area contributed by atoms with Gasteiger partial charge in [-0.05, 0) is 32.0 Å². The number of nitrogens with one attached hydrogen (secondary N) is 1. The molecule has 2 aromatic rings. The summed E-state index contributed by atoms with van der Waals surface area (Å²) in [5.41, 5.74) is 3.88. The van der Waals surface area contributed by atoms with E-state index in [1.807, 2.05) is 39.1 Å². The highest BCUT2D eigenvalue weighted by Gasteiger charge is 2.11. The zero-order chi connectivity index (χ0) is 15.4. The molecule has 0 bridgehead atoms. The van der Waals surface area contributed by atoms with E-state index in [9.17, 15) is 0 Å². The zero-order valence-corrected chi connectivity index (χ0v) is 13.9. The number of ether oxygens (including phenoxy) is 1. The predicted octanol–water partition coefficient (Wildman–Crippen LogP) is 4.13. The van der Waals surface area contributed by atoms with E-state index in [4.69, 9.17) is 27.9 Å². The van der Waals surface area contributed by atoms with Crippen molar-refractivity contribution in [3.05, 3.63) is 40.2 Å². The van der Waals surface area contributed by atoms with Gasteiger partial charge in [0, 0.05) is 30.4 Å². The van der Waals surface area contributed by atoms with Crippen LogP contribution in [0.1, 0.15) is 23.7 Å². The van der Waals surface area contributed by atoms with Crippen molar-refractivity contribution in [2.45, 2.75) is 26.3 Å². The Bertz CT molecular complexity index is 626. The first-order valence-corrected chi connectivity index (χ1v) is 7.71. The lowest BCUT2D eigenvalue weighted by Crippen LogP contribution is -2.02. The lowest BCUT2D eigenvalue weighted by molar-refractivity contribution is 0.337. The highest BCUT2D eigenvalue weighted by Crippen LogP contribution is 2.26. The van der Waals surface area contributed by atoms with Crippen LogP contribution in [-0.4, -0.2) is 16.4 Å². The van der Waals surface area contributed by atoms with Gasteiger partial charge in [-0.15, -0.1) is 11.6 Å². The van der Waals surface area contributed by atoms with E-state index in [1.165, 1.54) is 0 Å². The molecule has 0 aliphatic carbocycles. The van der Waals surface area contributed by atoms with Crippen LogP contribution in [0.25, 0.3) is 0 Å². The SMILES string of the molecule is CCOc1ccc(NCc2c(C)nn(C)c2Cl)cc1CCl. The Morgan fingerprint density at radius 1 is 1.38 bits per heavy atom. The summed E-state index contributed by atoms with van der Waals surface area (Å²) in [4.78, 5) is 0. The van der Waals surface area contributed by atoms with Crippen LogP contribution in [0, 0.1) is 6.92 Å². The first kappa shape index (κ1) is 16.0. The van der Waals surface area contributed by atoms with Crippen LogP contribution < -0.4 is 10.1 Å². The van der Waals surface area contributed by atoms with Crippen LogP contribution in [0.5, 0.6) is 5.75 Å². The number of alkyl halides is 1. The summed E-state index contributed by atoms with van der Waals surface area (Å²) >= 11 is 12.2. The molecule has 0 aliphatic heterocycles. The molecule has 4 nitrogen and oxygen atoms in total. The van der Waals surface area contributed by atoms with Gasteiger partial charge in [0.1, 0.15) is 10.9 Å². The second kappa shape index (κ2) is 7.05.